The van der Waals surface area contributed by atoms with Gasteiger partial charge in [-0.05, 0) is 11.6 Å². The summed E-state index contributed by atoms with van der Waals surface area (Å²) < 4.78 is 22.8. The van der Waals surface area contributed by atoms with Crippen LogP contribution in [0.4, 0.5) is 0 Å². The molecule has 0 amide bonds. The van der Waals surface area contributed by atoms with Gasteiger partial charge in [-0.25, -0.2) is 8.42 Å². The zero-order chi connectivity index (χ0) is 12.5. The SMILES string of the molecule is O=S1(=O)C[C@H](Cl)[C@H](NCc2ccccc2Cl)C1. The zero-order valence-corrected chi connectivity index (χ0v) is 11.4. The molecule has 1 N–H and O–H groups in total. The Bertz CT molecular complexity index is 504. The highest BCUT2D eigenvalue weighted by Crippen LogP contribution is 2.20. The molecule has 94 valence electrons. The summed E-state index contributed by atoms with van der Waals surface area (Å²) in [6, 6.07) is 7.27. The van der Waals surface area contributed by atoms with Gasteiger partial charge in [0.15, 0.2) is 9.84 Å². The molecule has 0 bridgehead atoms. The molecule has 0 aliphatic carbocycles. The molecule has 0 saturated carbocycles. The van der Waals surface area contributed by atoms with Crippen LogP contribution in [0.2, 0.25) is 5.02 Å². The van der Waals surface area contributed by atoms with Gasteiger partial charge in [-0.1, -0.05) is 29.8 Å². The minimum absolute atomic E-state index is 0.0503. The van der Waals surface area contributed by atoms with E-state index in [9.17, 15) is 8.42 Å². The first-order valence-electron chi connectivity index (χ1n) is 5.29. The maximum atomic E-state index is 11.4. The lowest BCUT2D eigenvalue weighted by Crippen LogP contribution is -2.35. The second-order valence-electron chi connectivity index (χ2n) is 4.17. The van der Waals surface area contributed by atoms with Crippen LogP contribution in [-0.4, -0.2) is 31.3 Å². The van der Waals surface area contributed by atoms with Crippen molar-refractivity contribution in [3.63, 3.8) is 0 Å². The lowest BCUT2D eigenvalue weighted by molar-refractivity contribution is 0.558. The summed E-state index contributed by atoms with van der Waals surface area (Å²) >= 11 is 12.0. The number of sulfone groups is 1. The van der Waals surface area contributed by atoms with Gasteiger partial charge in [0.1, 0.15) is 0 Å². The fourth-order valence-corrected chi connectivity index (χ4v) is 4.69. The Morgan fingerprint density at radius 3 is 2.59 bits per heavy atom. The molecule has 3 nitrogen and oxygen atoms in total. The molecular weight excluding hydrogens is 281 g/mol. The molecule has 6 heteroatoms. The van der Waals surface area contributed by atoms with Crippen molar-refractivity contribution in [2.24, 2.45) is 0 Å². The van der Waals surface area contributed by atoms with E-state index in [1.807, 2.05) is 24.3 Å². The fourth-order valence-electron chi connectivity index (χ4n) is 1.87. The van der Waals surface area contributed by atoms with Crippen molar-refractivity contribution in [2.75, 3.05) is 11.5 Å². The van der Waals surface area contributed by atoms with Crippen molar-refractivity contribution < 1.29 is 8.42 Å². The predicted octanol–water partition coefficient (Wildman–Crippen LogP) is 1.83. The van der Waals surface area contributed by atoms with Crippen LogP contribution in [0.25, 0.3) is 0 Å². The molecule has 1 saturated heterocycles. The monoisotopic (exact) mass is 293 g/mol. The van der Waals surface area contributed by atoms with Crippen molar-refractivity contribution in [1.82, 2.24) is 5.32 Å². The first kappa shape index (κ1) is 13.1. The van der Waals surface area contributed by atoms with E-state index in [-0.39, 0.29) is 22.9 Å². The number of benzene rings is 1. The van der Waals surface area contributed by atoms with E-state index >= 15 is 0 Å². The van der Waals surface area contributed by atoms with Gasteiger partial charge in [-0.2, -0.15) is 0 Å². The first-order valence-corrected chi connectivity index (χ1v) is 7.93. The van der Waals surface area contributed by atoms with Gasteiger partial charge in [0.2, 0.25) is 0 Å². The molecule has 1 aromatic rings. The number of hydrogen-bond donors (Lipinski definition) is 1. The van der Waals surface area contributed by atoms with Crippen LogP contribution in [0.3, 0.4) is 0 Å². The number of halogens is 2. The van der Waals surface area contributed by atoms with Crippen LogP contribution in [0.15, 0.2) is 24.3 Å². The van der Waals surface area contributed by atoms with E-state index in [0.717, 1.165) is 5.56 Å². The summed E-state index contributed by atoms with van der Waals surface area (Å²) in [5.41, 5.74) is 0.947. The van der Waals surface area contributed by atoms with Gasteiger partial charge >= 0.3 is 0 Å². The largest absolute Gasteiger partial charge is 0.307 e. The first-order chi connectivity index (χ1) is 7.98. The molecule has 0 radical (unpaired) electrons. The molecule has 1 aliphatic heterocycles. The van der Waals surface area contributed by atoms with Crippen LogP contribution >= 0.6 is 23.2 Å². The molecule has 0 aromatic heterocycles. The average Bonchev–Trinajstić information content (AvgIpc) is 2.51. The van der Waals surface area contributed by atoms with E-state index < -0.39 is 9.84 Å². The van der Waals surface area contributed by atoms with E-state index in [1.165, 1.54) is 0 Å². The van der Waals surface area contributed by atoms with Crippen molar-refractivity contribution in [1.29, 1.82) is 0 Å². The normalized spacial score (nSPS) is 27.2. The van der Waals surface area contributed by atoms with Crippen LogP contribution in [0, 0.1) is 0 Å². The van der Waals surface area contributed by atoms with E-state index in [4.69, 9.17) is 23.2 Å². The van der Waals surface area contributed by atoms with Crippen molar-refractivity contribution >= 4 is 33.0 Å². The van der Waals surface area contributed by atoms with Crippen LogP contribution < -0.4 is 5.32 Å². The number of rotatable bonds is 3. The summed E-state index contributed by atoms with van der Waals surface area (Å²) in [6.45, 7) is 0.531. The minimum Gasteiger partial charge on any atom is -0.307 e. The standard InChI is InChI=1S/C11H13Cl2NO2S/c12-9-4-2-1-3-8(9)5-14-11-7-17(15,16)6-10(11)13/h1-4,10-11,14H,5-7H2/t10-,11+/m0/s1. The smallest absolute Gasteiger partial charge is 0.153 e. The molecule has 2 atom stereocenters. The fraction of sp³-hybridized carbons (Fsp3) is 0.455. The van der Waals surface area contributed by atoms with Gasteiger partial charge < -0.3 is 5.32 Å². The highest BCUT2D eigenvalue weighted by atomic mass is 35.5. The van der Waals surface area contributed by atoms with E-state index in [2.05, 4.69) is 5.32 Å². The zero-order valence-electron chi connectivity index (χ0n) is 9.07. The Balaban J connectivity index is 1.98. The minimum atomic E-state index is -2.99. The topological polar surface area (TPSA) is 46.2 Å². The van der Waals surface area contributed by atoms with Gasteiger partial charge in [0.05, 0.1) is 16.9 Å². The number of nitrogens with one attached hydrogen (secondary N) is 1. The van der Waals surface area contributed by atoms with Crippen LogP contribution in [0.5, 0.6) is 0 Å². The highest BCUT2D eigenvalue weighted by Gasteiger charge is 2.35. The summed E-state index contributed by atoms with van der Waals surface area (Å²) in [6.07, 6.45) is 0. The van der Waals surface area contributed by atoms with Gasteiger partial charge in [-0.15, -0.1) is 11.6 Å². The summed E-state index contributed by atoms with van der Waals surface area (Å²) in [4.78, 5) is 0. The Labute approximate surface area is 111 Å². The third-order valence-electron chi connectivity index (χ3n) is 2.80. The molecule has 1 aliphatic rings. The summed E-state index contributed by atoms with van der Waals surface area (Å²) in [7, 11) is -2.99. The predicted molar refractivity (Wildman–Crippen MR) is 70.4 cm³/mol. The Morgan fingerprint density at radius 2 is 2.00 bits per heavy atom. The second kappa shape index (κ2) is 5.14. The molecule has 17 heavy (non-hydrogen) atoms. The van der Waals surface area contributed by atoms with E-state index in [0.29, 0.717) is 11.6 Å². The maximum absolute atomic E-state index is 11.4. The van der Waals surface area contributed by atoms with Crippen molar-refractivity contribution in [2.45, 2.75) is 18.0 Å². The molecule has 1 fully saturated rings. The van der Waals surface area contributed by atoms with E-state index in [1.54, 1.807) is 0 Å². The highest BCUT2D eigenvalue weighted by molar-refractivity contribution is 7.91. The average molecular weight is 294 g/mol. The Kier molecular flexibility index (Phi) is 3.98. The third-order valence-corrected chi connectivity index (χ3v) is 5.54. The van der Waals surface area contributed by atoms with Gasteiger partial charge in [0, 0.05) is 17.6 Å². The quantitative estimate of drug-likeness (QED) is 0.865. The van der Waals surface area contributed by atoms with Crippen LogP contribution in [0.1, 0.15) is 5.56 Å². The third kappa shape index (κ3) is 3.35. The summed E-state index contributed by atoms with van der Waals surface area (Å²) in [5, 5.41) is 3.46. The molecule has 1 heterocycles. The van der Waals surface area contributed by atoms with Crippen molar-refractivity contribution in [3.8, 4) is 0 Å². The van der Waals surface area contributed by atoms with Crippen molar-refractivity contribution in [3.05, 3.63) is 34.9 Å². The Morgan fingerprint density at radius 1 is 1.29 bits per heavy atom. The van der Waals surface area contributed by atoms with Gasteiger partial charge in [0.25, 0.3) is 0 Å². The van der Waals surface area contributed by atoms with Gasteiger partial charge in [-0.3, -0.25) is 0 Å². The molecular formula is C11H13Cl2NO2S. The molecule has 2 rings (SSSR count). The lowest BCUT2D eigenvalue weighted by Gasteiger charge is -2.14. The Hall–Kier alpha value is -0.290. The number of hydrogen-bond acceptors (Lipinski definition) is 3. The second-order valence-corrected chi connectivity index (χ2v) is 7.29. The maximum Gasteiger partial charge on any atom is 0.153 e. The lowest BCUT2D eigenvalue weighted by atomic mass is 10.2. The number of alkyl halides is 1. The van der Waals surface area contributed by atoms with Crippen LogP contribution in [-0.2, 0) is 16.4 Å². The molecule has 1 aromatic carbocycles. The molecule has 0 unspecified atom stereocenters. The molecule has 0 spiro atoms. The summed E-state index contributed by atoms with van der Waals surface area (Å²) in [5.74, 6) is 0.153.